The first kappa shape index (κ1) is 18.0. The highest BCUT2D eigenvalue weighted by molar-refractivity contribution is 5.78. The number of carbonyl (C=O) groups excluding carboxylic acids is 1. The molecule has 3 aromatic rings. The van der Waals surface area contributed by atoms with Gasteiger partial charge in [-0.2, -0.15) is 0 Å². The van der Waals surface area contributed by atoms with Crippen molar-refractivity contribution in [3.8, 4) is 11.6 Å². The molecule has 0 N–H and O–H groups in total. The summed E-state index contributed by atoms with van der Waals surface area (Å²) in [4.78, 5) is 29.4. The number of benzene rings is 1. The zero-order valence-electron chi connectivity index (χ0n) is 15.7. The highest BCUT2D eigenvalue weighted by Gasteiger charge is 2.22. The van der Waals surface area contributed by atoms with Crippen LogP contribution in [0.3, 0.4) is 0 Å². The fourth-order valence-corrected chi connectivity index (χ4v) is 3.20. The molecule has 4 rings (SSSR count). The molecule has 0 spiro atoms. The summed E-state index contributed by atoms with van der Waals surface area (Å²) in [6, 6.07) is 11.3. The van der Waals surface area contributed by atoms with E-state index < -0.39 is 0 Å². The minimum Gasteiger partial charge on any atom is -0.484 e. The summed E-state index contributed by atoms with van der Waals surface area (Å²) in [5.41, 5.74) is 0. The molecule has 1 amide bonds. The van der Waals surface area contributed by atoms with Crippen molar-refractivity contribution in [3.63, 3.8) is 0 Å². The summed E-state index contributed by atoms with van der Waals surface area (Å²) in [7, 11) is 0. The molecule has 1 aliphatic heterocycles. The second-order valence-corrected chi connectivity index (χ2v) is 6.55. The van der Waals surface area contributed by atoms with Crippen LogP contribution in [0, 0.1) is 6.92 Å². The molecule has 28 heavy (non-hydrogen) atoms. The molecule has 1 saturated heterocycles. The van der Waals surface area contributed by atoms with Crippen LogP contribution in [0.25, 0.3) is 5.82 Å². The van der Waals surface area contributed by atoms with Crippen molar-refractivity contribution in [2.75, 3.05) is 37.7 Å². The van der Waals surface area contributed by atoms with Crippen molar-refractivity contribution in [1.82, 2.24) is 24.4 Å². The fourth-order valence-electron chi connectivity index (χ4n) is 3.20. The standard InChI is InChI=1S/C20H22N6O2/c1-16-21-7-8-26(16)19-13-18(22-15-23-19)24-9-11-25(12-10-24)20(27)14-28-17-5-3-2-4-6-17/h2-8,13,15H,9-12,14H2,1H3. The van der Waals surface area contributed by atoms with E-state index >= 15 is 0 Å². The van der Waals surface area contributed by atoms with Gasteiger partial charge in [0.05, 0.1) is 0 Å². The molecular formula is C20H22N6O2. The lowest BCUT2D eigenvalue weighted by Gasteiger charge is -2.35. The Morgan fingerprint density at radius 1 is 1.04 bits per heavy atom. The maximum Gasteiger partial charge on any atom is 0.260 e. The van der Waals surface area contributed by atoms with E-state index in [1.54, 1.807) is 12.5 Å². The summed E-state index contributed by atoms with van der Waals surface area (Å²) >= 11 is 0. The number of para-hydroxylation sites is 1. The van der Waals surface area contributed by atoms with Gasteiger partial charge in [0.2, 0.25) is 0 Å². The zero-order chi connectivity index (χ0) is 19.3. The second-order valence-electron chi connectivity index (χ2n) is 6.55. The Kier molecular flexibility index (Phi) is 5.18. The molecule has 0 radical (unpaired) electrons. The van der Waals surface area contributed by atoms with Crippen molar-refractivity contribution in [2.24, 2.45) is 0 Å². The Hall–Kier alpha value is -3.42. The number of hydrogen-bond acceptors (Lipinski definition) is 6. The monoisotopic (exact) mass is 378 g/mol. The van der Waals surface area contributed by atoms with E-state index in [9.17, 15) is 4.79 Å². The van der Waals surface area contributed by atoms with E-state index in [4.69, 9.17) is 4.74 Å². The number of piperazine rings is 1. The molecule has 8 heteroatoms. The minimum absolute atomic E-state index is 0.000852. The molecule has 0 atom stereocenters. The maximum absolute atomic E-state index is 12.4. The molecule has 1 fully saturated rings. The highest BCUT2D eigenvalue weighted by atomic mass is 16.5. The van der Waals surface area contributed by atoms with Crippen LogP contribution in [-0.4, -0.2) is 63.1 Å². The molecule has 8 nitrogen and oxygen atoms in total. The van der Waals surface area contributed by atoms with Crippen LogP contribution in [0.2, 0.25) is 0 Å². The van der Waals surface area contributed by atoms with E-state index in [-0.39, 0.29) is 12.5 Å². The van der Waals surface area contributed by atoms with Gasteiger partial charge in [0.15, 0.2) is 6.61 Å². The van der Waals surface area contributed by atoms with Gasteiger partial charge in [0, 0.05) is 44.6 Å². The third-order valence-corrected chi connectivity index (χ3v) is 4.77. The van der Waals surface area contributed by atoms with E-state index in [0.29, 0.717) is 18.8 Å². The SMILES string of the molecule is Cc1nccn1-c1cc(N2CCN(C(=O)COc3ccccc3)CC2)ncn1. The molecule has 1 aliphatic rings. The van der Waals surface area contributed by atoms with Crippen molar-refractivity contribution < 1.29 is 9.53 Å². The van der Waals surface area contributed by atoms with E-state index in [1.165, 1.54) is 0 Å². The molecule has 0 saturated carbocycles. The summed E-state index contributed by atoms with van der Waals surface area (Å²) in [6.45, 7) is 4.71. The van der Waals surface area contributed by atoms with E-state index in [0.717, 1.165) is 30.5 Å². The summed E-state index contributed by atoms with van der Waals surface area (Å²) < 4.78 is 7.49. The van der Waals surface area contributed by atoms with Crippen LogP contribution in [0.4, 0.5) is 5.82 Å². The van der Waals surface area contributed by atoms with Gasteiger partial charge in [-0.15, -0.1) is 0 Å². The van der Waals surface area contributed by atoms with Crippen LogP contribution in [0.1, 0.15) is 5.82 Å². The quantitative estimate of drug-likeness (QED) is 0.673. The molecular weight excluding hydrogens is 356 g/mol. The predicted molar refractivity (Wildman–Crippen MR) is 105 cm³/mol. The van der Waals surface area contributed by atoms with Crippen LogP contribution in [-0.2, 0) is 4.79 Å². The number of aryl methyl sites for hydroxylation is 1. The van der Waals surface area contributed by atoms with Crippen LogP contribution < -0.4 is 9.64 Å². The average Bonchev–Trinajstić information content (AvgIpc) is 3.19. The lowest BCUT2D eigenvalue weighted by molar-refractivity contribution is -0.133. The third-order valence-electron chi connectivity index (χ3n) is 4.77. The van der Waals surface area contributed by atoms with Gasteiger partial charge in [0.25, 0.3) is 5.91 Å². The Balaban J connectivity index is 1.34. The van der Waals surface area contributed by atoms with Gasteiger partial charge in [-0.25, -0.2) is 15.0 Å². The number of aromatic nitrogens is 4. The van der Waals surface area contributed by atoms with Crippen LogP contribution in [0.15, 0.2) is 55.1 Å². The Bertz CT molecular complexity index is 935. The topological polar surface area (TPSA) is 76.4 Å². The largest absolute Gasteiger partial charge is 0.484 e. The van der Waals surface area contributed by atoms with Crippen LogP contribution in [0.5, 0.6) is 5.75 Å². The lowest BCUT2D eigenvalue weighted by Crippen LogP contribution is -2.50. The smallest absolute Gasteiger partial charge is 0.260 e. The summed E-state index contributed by atoms with van der Waals surface area (Å²) in [5, 5.41) is 0. The number of anilines is 1. The number of imidazole rings is 1. The predicted octanol–water partition coefficient (Wildman–Crippen LogP) is 1.70. The Labute approximate surface area is 163 Å². The number of hydrogen-bond donors (Lipinski definition) is 0. The van der Waals surface area contributed by atoms with Crippen LogP contribution >= 0.6 is 0 Å². The van der Waals surface area contributed by atoms with Crippen molar-refractivity contribution in [2.45, 2.75) is 6.92 Å². The van der Waals surface area contributed by atoms with E-state index in [1.807, 2.05) is 59.0 Å². The zero-order valence-corrected chi connectivity index (χ0v) is 15.7. The lowest BCUT2D eigenvalue weighted by atomic mass is 10.3. The third kappa shape index (κ3) is 3.95. The minimum atomic E-state index is 0.000852. The van der Waals surface area contributed by atoms with Crippen molar-refractivity contribution in [1.29, 1.82) is 0 Å². The molecule has 144 valence electrons. The summed E-state index contributed by atoms with van der Waals surface area (Å²) in [6.07, 6.45) is 5.19. The number of ether oxygens (including phenoxy) is 1. The van der Waals surface area contributed by atoms with Gasteiger partial charge in [0.1, 0.15) is 29.5 Å². The first-order valence-electron chi connectivity index (χ1n) is 9.23. The Morgan fingerprint density at radius 2 is 1.79 bits per heavy atom. The van der Waals surface area contributed by atoms with Gasteiger partial charge in [-0.1, -0.05) is 18.2 Å². The number of rotatable bonds is 5. The maximum atomic E-state index is 12.4. The second kappa shape index (κ2) is 8.08. The van der Waals surface area contributed by atoms with Crippen molar-refractivity contribution >= 4 is 11.7 Å². The fraction of sp³-hybridized carbons (Fsp3) is 0.300. The first-order valence-corrected chi connectivity index (χ1v) is 9.23. The molecule has 0 aliphatic carbocycles. The highest BCUT2D eigenvalue weighted by Crippen LogP contribution is 2.17. The number of nitrogens with zero attached hydrogens (tertiary/aromatic N) is 6. The van der Waals surface area contributed by atoms with E-state index in [2.05, 4.69) is 19.9 Å². The van der Waals surface area contributed by atoms with Crippen molar-refractivity contribution in [3.05, 3.63) is 60.9 Å². The van der Waals surface area contributed by atoms with Gasteiger partial charge < -0.3 is 14.5 Å². The average molecular weight is 378 g/mol. The number of carbonyl (C=O) groups is 1. The summed E-state index contributed by atoms with van der Waals surface area (Å²) in [5.74, 6) is 3.22. The molecule has 2 aromatic heterocycles. The van der Waals surface area contributed by atoms with Gasteiger partial charge >= 0.3 is 0 Å². The van der Waals surface area contributed by atoms with Gasteiger partial charge in [-0.05, 0) is 19.1 Å². The van der Waals surface area contributed by atoms with Gasteiger partial charge in [-0.3, -0.25) is 9.36 Å². The number of amides is 1. The normalized spacial score (nSPS) is 14.2. The molecule has 1 aromatic carbocycles. The Morgan fingerprint density at radius 3 is 2.50 bits per heavy atom. The first-order chi connectivity index (χ1) is 13.7. The molecule has 0 bridgehead atoms. The molecule has 3 heterocycles. The molecule has 0 unspecified atom stereocenters.